The van der Waals surface area contributed by atoms with Gasteiger partial charge in [-0.15, -0.1) is 0 Å². The van der Waals surface area contributed by atoms with Crippen LogP contribution in [0.5, 0.6) is 0 Å². The molecule has 6 heteroatoms. The normalized spacial score (nSPS) is 10.9. The van der Waals surface area contributed by atoms with Crippen LogP contribution < -0.4 is 0 Å². The topological polar surface area (TPSA) is 30.2 Å². The number of hydrogen-bond donors (Lipinski definition) is 0. The van der Waals surface area contributed by atoms with Gasteiger partial charge in [0.1, 0.15) is 9.76 Å². The van der Waals surface area contributed by atoms with E-state index in [1.807, 2.05) is 0 Å². The molecule has 0 aromatic carbocycles. The second kappa shape index (κ2) is 2.97. The van der Waals surface area contributed by atoms with Gasteiger partial charge >= 0.3 is 0 Å². The van der Waals surface area contributed by atoms with Crippen LogP contribution in [0.25, 0.3) is 5.65 Å². The fourth-order valence-electron chi connectivity index (χ4n) is 0.896. The van der Waals surface area contributed by atoms with Crippen LogP contribution >= 0.6 is 43.5 Å². The van der Waals surface area contributed by atoms with E-state index in [1.165, 1.54) is 0 Å². The summed E-state index contributed by atoms with van der Waals surface area (Å²) in [6.45, 7) is 0. The van der Waals surface area contributed by atoms with Crippen LogP contribution in [0, 0.1) is 0 Å². The average molecular weight is 311 g/mol. The number of imidazole rings is 1. The van der Waals surface area contributed by atoms with E-state index in [2.05, 4.69) is 41.8 Å². The summed E-state index contributed by atoms with van der Waals surface area (Å²) in [4.78, 5) is 8.16. The van der Waals surface area contributed by atoms with Crippen molar-refractivity contribution in [3.05, 3.63) is 26.8 Å². The van der Waals surface area contributed by atoms with Crippen molar-refractivity contribution >= 4 is 49.1 Å². The molecule has 2 aromatic rings. The molecule has 0 aliphatic heterocycles. The molecule has 2 rings (SSSR count). The fourth-order valence-corrected chi connectivity index (χ4v) is 2.15. The third kappa shape index (κ3) is 1.16. The van der Waals surface area contributed by atoms with E-state index in [1.54, 1.807) is 16.8 Å². The first-order valence-electron chi connectivity index (χ1n) is 3.03. The number of halogens is 3. The van der Waals surface area contributed by atoms with E-state index in [0.717, 1.165) is 0 Å². The quantitative estimate of drug-likeness (QED) is 0.749. The van der Waals surface area contributed by atoms with E-state index >= 15 is 0 Å². The minimum Gasteiger partial charge on any atom is -0.286 e. The zero-order chi connectivity index (χ0) is 8.72. The van der Waals surface area contributed by atoms with Gasteiger partial charge in [0.25, 0.3) is 0 Å². The first-order valence-corrected chi connectivity index (χ1v) is 5.00. The van der Waals surface area contributed by atoms with Gasteiger partial charge in [0.15, 0.2) is 10.3 Å². The summed E-state index contributed by atoms with van der Waals surface area (Å²) in [5, 5.41) is 0.519. The highest BCUT2D eigenvalue weighted by atomic mass is 79.9. The van der Waals surface area contributed by atoms with Gasteiger partial charge in [0.2, 0.25) is 0 Å². The third-order valence-corrected chi connectivity index (χ3v) is 3.08. The molecule has 62 valence electrons. The van der Waals surface area contributed by atoms with E-state index in [9.17, 15) is 0 Å². The molecule has 12 heavy (non-hydrogen) atoms. The highest BCUT2D eigenvalue weighted by Gasteiger charge is 2.08. The third-order valence-electron chi connectivity index (χ3n) is 1.40. The summed E-state index contributed by atoms with van der Waals surface area (Å²) in [5.41, 5.74) is 0.711. The zero-order valence-corrected chi connectivity index (χ0v) is 9.56. The van der Waals surface area contributed by atoms with Crippen LogP contribution in [0.1, 0.15) is 0 Å². The summed E-state index contributed by atoms with van der Waals surface area (Å²) < 4.78 is 3.01. The lowest BCUT2D eigenvalue weighted by Crippen LogP contribution is -1.91. The summed E-state index contributed by atoms with van der Waals surface area (Å²) >= 11 is 12.4. The second-order valence-corrected chi connectivity index (χ2v) is 3.97. The monoisotopic (exact) mass is 309 g/mol. The Bertz CT molecular complexity index is 440. The molecule has 0 bridgehead atoms. The molecule has 0 aliphatic rings. The minimum atomic E-state index is 0.519. The Morgan fingerprint density at radius 1 is 1.33 bits per heavy atom. The van der Waals surface area contributed by atoms with Crippen LogP contribution in [-0.2, 0) is 0 Å². The van der Waals surface area contributed by atoms with Crippen molar-refractivity contribution in [3.8, 4) is 0 Å². The number of fused-ring (bicyclic) bond motifs is 1. The highest BCUT2D eigenvalue weighted by molar-refractivity contribution is 9.11. The predicted octanol–water partition coefficient (Wildman–Crippen LogP) is 2.91. The molecule has 2 heterocycles. The molecule has 0 spiro atoms. The standard InChI is InChI=1S/C6H2Br2ClN3/c7-3-5(9)12-2-1-10-6(12)4(8)11-3/h1-2H. The van der Waals surface area contributed by atoms with Crippen molar-refractivity contribution in [1.82, 2.24) is 14.4 Å². The van der Waals surface area contributed by atoms with Crippen LogP contribution in [-0.4, -0.2) is 14.4 Å². The Labute approximate surface area is 90.0 Å². The number of rotatable bonds is 0. The van der Waals surface area contributed by atoms with Crippen LogP contribution in [0.2, 0.25) is 5.15 Å². The molecule has 0 atom stereocenters. The van der Waals surface area contributed by atoms with Crippen molar-refractivity contribution in [2.75, 3.05) is 0 Å². The first-order chi connectivity index (χ1) is 5.70. The Morgan fingerprint density at radius 2 is 2.08 bits per heavy atom. The minimum absolute atomic E-state index is 0.519. The van der Waals surface area contributed by atoms with Crippen molar-refractivity contribution in [2.45, 2.75) is 0 Å². The van der Waals surface area contributed by atoms with Crippen molar-refractivity contribution in [1.29, 1.82) is 0 Å². The van der Waals surface area contributed by atoms with Gasteiger partial charge in [-0.2, -0.15) is 0 Å². The van der Waals surface area contributed by atoms with Gasteiger partial charge in [-0.05, 0) is 31.9 Å². The van der Waals surface area contributed by atoms with E-state index in [-0.39, 0.29) is 0 Å². The van der Waals surface area contributed by atoms with Crippen LogP contribution in [0.15, 0.2) is 21.6 Å². The molecule has 0 N–H and O–H groups in total. The number of aromatic nitrogens is 3. The van der Waals surface area contributed by atoms with E-state index in [0.29, 0.717) is 20.0 Å². The van der Waals surface area contributed by atoms with E-state index < -0.39 is 0 Å². The van der Waals surface area contributed by atoms with Gasteiger partial charge in [-0.3, -0.25) is 4.40 Å². The number of nitrogens with zero attached hydrogens (tertiary/aromatic N) is 3. The molecule has 2 aromatic heterocycles. The molecule has 0 aliphatic carbocycles. The largest absolute Gasteiger partial charge is 0.286 e. The molecule has 0 fully saturated rings. The maximum Gasteiger partial charge on any atom is 0.171 e. The lowest BCUT2D eigenvalue weighted by atomic mass is 10.7. The maximum atomic E-state index is 5.93. The lowest BCUT2D eigenvalue weighted by molar-refractivity contribution is 1.08. The molecule has 3 nitrogen and oxygen atoms in total. The van der Waals surface area contributed by atoms with Crippen molar-refractivity contribution in [3.63, 3.8) is 0 Å². The van der Waals surface area contributed by atoms with Crippen molar-refractivity contribution in [2.24, 2.45) is 0 Å². The fraction of sp³-hybridized carbons (Fsp3) is 0. The summed E-state index contributed by atoms with van der Waals surface area (Å²) in [7, 11) is 0. The molecule has 0 saturated carbocycles. The summed E-state index contributed by atoms with van der Waals surface area (Å²) in [6, 6.07) is 0. The average Bonchev–Trinajstić information content (AvgIpc) is 2.48. The summed E-state index contributed by atoms with van der Waals surface area (Å²) in [5.74, 6) is 0. The van der Waals surface area contributed by atoms with Gasteiger partial charge in [0, 0.05) is 12.4 Å². The van der Waals surface area contributed by atoms with E-state index in [4.69, 9.17) is 11.6 Å². The molecule has 0 saturated heterocycles. The highest BCUT2D eigenvalue weighted by Crippen LogP contribution is 2.25. The smallest absolute Gasteiger partial charge is 0.171 e. The van der Waals surface area contributed by atoms with Crippen molar-refractivity contribution < 1.29 is 0 Å². The lowest BCUT2D eigenvalue weighted by Gasteiger charge is -2.00. The molecular weight excluding hydrogens is 309 g/mol. The van der Waals surface area contributed by atoms with Gasteiger partial charge < -0.3 is 0 Å². The maximum absolute atomic E-state index is 5.93. The Balaban J connectivity index is 2.97. The van der Waals surface area contributed by atoms with Gasteiger partial charge in [0.05, 0.1) is 0 Å². The molecule has 0 unspecified atom stereocenters. The predicted molar refractivity (Wildman–Crippen MR) is 53.4 cm³/mol. The van der Waals surface area contributed by atoms with Crippen LogP contribution in [0.4, 0.5) is 0 Å². The van der Waals surface area contributed by atoms with Gasteiger partial charge in [-0.1, -0.05) is 11.6 Å². The Hall–Kier alpha value is -0.130. The zero-order valence-electron chi connectivity index (χ0n) is 5.63. The molecule has 0 radical (unpaired) electrons. The molecule has 0 amide bonds. The summed E-state index contributed by atoms with van der Waals surface area (Å²) in [6.07, 6.45) is 3.44. The molecular formula is C6H2Br2ClN3. The second-order valence-electron chi connectivity index (χ2n) is 2.11. The number of hydrogen-bond acceptors (Lipinski definition) is 2. The Morgan fingerprint density at radius 3 is 2.83 bits per heavy atom. The first kappa shape index (κ1) is 8.47. The SMILES string of the molecule is Clc1c(Br)nc(Br)c2nccn12. The van der Waals surface area contributed by atoms with Gasteiger partial charge in [-0.25, -0.2) is 9.97 Å². The van der Waals surface area contributed by atoms with Crippen LogP contribution in [0.3, 0.4) is 0 Å². The Kier molecular flexibility index (Phi) is 2.10.